The monoisotopic (exact) mass is 481 g/mol. The van der Waals surface area contributed by atoms with Crippen LogP contribution in [0.5, 0.6) is 5.75 Å². The Hall–Kier alpha value is -3.38. The highest BCUT2D eigenvalue weighted by Crippen LogP contribution is 2.26. The summed E-state index contributed by atoms with van der Waals surface area (Å²) in [6.45, 7) is -1.89. The number of nitrogens with one attached hydrogen (secondary N) is 1. The fourth-order valence-corrected chi connectivity index (χ4v) is 4.09. The number of carbonyl (C=O) groups excluding carboxylic acids is 1. The van der Waals surface area contributed by atoms with Gasteiger partial charge in [0.15, 0.2) is 14.6 Å². The fraction of sp³-hybridized carbons (Fsp3) is 0.286. The van der Waals surface area contributed by atoms with E-state index in [2.05, 4.69) is 9.72 Å². The summed E-state index contributed by atoms with van der Waals surface area (Å²) in [4.78, 5) is 29.1. The van der Waals surface area contributed by atoms with Crippen molar-refractivity contribution < 1.29 is 31.9 Å². The maximum absolute atomic E-state index is 12.9. The van der Waals surface area contributed by atoms with Crippen molar-refractivity contribution in [1.29, 1.82) is 0 Å². The minimum Gasteiger partial charge on any atom is -0.435 e. The van der Waals surface area contributed by atoms with E-state index in [1.165, 1.54) is 28.5 Å². The number of carbonyl (C=O) groups is 1. The molecule has 12 heteroatoms. The van der Waals surface area contributed by atoms with Crippen LogP contribution in [0.1, 0.15) is 13.3 Å². The SMILES string of the molecule is C[C@@](CCn1cnc2cc(-c3ccc(OC(F)F)cc3)ccc2c1=O)(C(=O)NO)S(C)(=O)=O. The summed E-state index contributed by atoms with van der Waals surface area (Å²) in [5, 5.41) is 9.19. The van der Waals surface area contributed by atoms with Crippen molar-refractivity contribution >= 4 is 26.6 Å². The Kier molecular flexibility index (Phi) is 6.79. The zero-order valence-electron chi connectivity index (χ0n) is 17.7. The van der Waals surface area contributed by atoms with Crippen LogP contribution in [0.25, 0.3) is 22.0 Å². The standard InChI is InChI=1S/C21H21F2N3O6S/c1-21(19(28)25-29,33(2,30)31)9-10-26-12-24-17-11-14(5-8-16(17)18(26)27)13-3-6-15(7-4-13)32-20(22)23/h3-8,11-12,20,29H,9-10H2,1-2H3,(H,25,28)/t21-/m1/s1. The molecule has 0 aliphatic carbocycles. The largest absolute Gasteiger partial charge is 0.435 e. The summed E-state index contributed by atoms with van der Waals surface area (Å²) in [7, 11) is -3.91. The molecule has 1 heterocycles. The Balaban J connectivity index is 1.88. The number of aromatic nitrogens is 2. The molecule has 0 aliphatic rings. The molecule has 0 spiro atoms. The molecule has 0 saturated heterocycles. The number of alkyl halides is 2. The minimum absolute atomic E-state index is 0.0199. The second-order valence-electron chi connectivity index (χ2n) is 7.57. The number of sulfone groups is 1. The van der Waals surface area contributed by atoms with Crippen molar-refractivity contribution in [2.45, 2.75) is 31.2 Å². The van der Waals surface area contributed by atoms with Crippen LogP contribution in [0.3, 0.4) is 0 Å². The van der Waals surface area contributed by atoms with Gasteiger partial charge in [0.1, 0.15) is 5.75 Å². The van der Waals surface area contributed by atoms with E-state index in [9.17, 15) is 26.8 Å². The summed E-state index contributed by atoms with van der Waals surface area (Å²) in [6.07, 6.45) is 1.85. The lowest BCUT2D eigenvalue weighted by Gasteiger charge is -2.25. The highest BCUT2D eigenvalue weighted by molar-refractivity contribution is 7.92. The maximum atomic E-state index is 12.9. The Morgan fingerprint density at radius 1 is 1.21 bits per heavy atom. The second kappa shape index (κ2) is 9.24. The molecule has 33 heavy (non-hydrogen) atoms. The average molecular weight is 481 g/mol. The highest BCUT2D eigenvalue weighted by atomic mass is 32.2. The van der Waals surface area contributed by atoms with Crippen molar-refractivity contribution in [3.05, 3.63) is 59.1 Å². The van der Waals surface area contributed by atoms with Gasteiger partial charge in [-0.15, -0.1) is 0 Å². The fourth-order valence-electron chi connectivity index (χ4n) is 3.25. The van der Waals surface area contributed by atoms with E-state index >= 15 is 0 Å². The van der Waals surface area contributed by atoms with E-state index in [-0.39, 0.29) is 24.1 Å². The molecular formula is C21H21F2N3O6S. The summed E-state index contributed by atoms with van der Waals surface area (Å²) < 4.78 is 52.4. The number of hydrogen-bond donors (Lipinski definition) is 2. The number of ether oxygens (including phenoxy) is 1. The Morgan fingerprint density at radius 3 is 2.42 bits per heavy atom. The van der Waals surface area contributed by atoms with Gasteiger partial charge in [-0.25, -0.2) is 18.9 Å². The summed E-state index contributed by atoms with van der Waals surface area (Å²) in [5.74, 6) is -1.08. The molecule has 176 valence electrons. The number of rotatable bonds is 8. The number of benzene rings is 2. The molecule has 2 N–H and O–H groups in total. The van der Waals surface area contributed by atoms with E-state index in [1.807, 2.05) is 0 Å². The second-order valence-corrected chi connectivity index (χ2v) is 10.0. The zero-order chi connectivity index (χ0) is 24.4. The molecule has 1 atom stereocenters. The van der Waals surface area contributed by atoms with Crippen LogP contribution in [0.2, 0.25) is 0 Å². The zero-order valence-corrected chi connectivity index (χ0v) is 18.5. The number of fused-ring (bicyclic) bond motifs is 1. The van der Waals surface area contributed by atoms with Gasteiger partial charge in [0.25, 0.3) is 11.5 Å². The number of amides is 1. The Bertz CT molecular complexity index is 1340. The molecule has 0 fully saturated rings. The number of hydroxylamine groups is 1. The number of nitrogens with zero attached hydrogens (tertiary/aromatic N) is 2. The van der Waals surface area contributed by atoms with Gasteiger partial charge in [-0.1, -0.05) is 18.2 Å². The molecule has 1 amide bonds. The van der Waals surface area contributed by atoms with Crippen molar-refractivity contribution in [2.24, 2.45) is 0 Å². The van der Waals surface area contributed by atoms with Gasteiger partial charge in [0.05, 0.1) is 17.2 Å². The number of halogens is 2. The third kappa shape index (κ3) is 5.01. The first-order chi connectivity index (χ1) is 15.5. The first-order valence-electron chi connectivity index (χ1n) is 9.65. The van der Waals surface area contributed by atoms with Crippen LogP contribution < -0.4 is 15.8 Å². The van der Waals surface area contributed by atoms with Crippen LogP contribution in [-0.2, 0) is 21.2 Å². The van der Waals surface area contributed by atoms with Crippen molar-refractivity contribution in [3.8, 4) is 16.9 Å². The molecule has 2 aromatic carbocycles. The van der Waals surface area contributed by atoms with Gasteiger partial charge in [-0.3, -0.25) is 19.4 Å². The van der Waals surface area contributed by atoms with Crippen molar-refractivity contribution in [2.75, 3.05) is 6.26 Å². The molecule has 0 bridgehead atoms. The summed E-state index contributed by atoms with van der Waals surface area (Å²) in [5.41, 5.74) is 2.69. The minimum atomic E-state index is -3.91. The smallest absolute Gasteiger partial charge is 0.387 e. The van der Waals surface area contributed by atoms with E-state index in [1.54, 1.807) is 30.3 Å². The topological polar surface area (TPSA) is 128 Å². The van der Waals surface area contributed by atoms with Crippen molar-refractivity contribution in [1.82, 2.24) is 15.0 Å². The number of hydrogen-bond acceptors (Lipinski definition) is 7. The lowest BCUT2D eigenvalue weighted by molar-refractivity contribution is -0.131. The van der Waals surface area contributed by atoms with Crippen molar-refractivity contribution in [3.63, 3.8) is 0 Å². The highest BCUT2D eigenvalue weighted by Gasteiger charge is 2.43. The molecule has 0 saturated carbocycles. The van der Waals surface area contributed by atoms with Gasteiger partial charge < -0.3 is 4.74 Å². The van der Waals surface area contributed by atoms with Crippen LogP contribution >= 0.6 is 0 Å². The molecule has 3 rings (SSSR count). The van der Waals surface area contributed by atoms with Gasteiger partial charge in [0, 0.05) is 12.8 Å². The third-order valence-electron chi connectivity index (χ3n) is 5.47. The maximum Gasteiger partial charge on any atom is 0.387 e. The van der Waals surface area contributed by atoms with Gasteiger partial charge in [0.2, 0.25) is 0 Å². The molecule has 9 nitrogen and oxygen atoms in total. The Labute approximate surface area is 187 Å². The van der Waals surface area contributed by atoms with Gasteiger partial charge in [-0.2, -0.15) is 8.78 Å². The van der Waals surface area contributed by atoms with E-state index in [0.717, 1.165) is 13.2 Å². The van der Waals surface area contributed by atoms with Gasteiger partial charge >= 0.3 is 6.61 Å². The quantitative estimate of drug-likeness (QED) is 0.373. The van der Waals surface area contributed by atoms with Crippen LogP contribution in [0.4, 0.5) is 8.78 Å². The van der Waals surface area contributed by atoms with Gasteiger partial charge in [-0.05, 0) is 48.7 Å². The summed E-state index contributed by atoms with van der Waals surface area (Å²) in [6, 6.07) is 10.9. The molecule has 1 aromatic heterocycles. The lowest BCUT2D eigenvalue weighted by atomic mass is 10.0. The molecular weight excluding hydrogens is 460 g/mol. The van der Waals surface area contributed by atoms with E-state index in [4.69, 9.17) is 5.21 Å². The molecule has 0 aliphatic heterocycles. The first-order valence-corrected chi connectivity index (χ1v) is 11.5. The van der Waals surface area contributed by atoms with E-state index < -0.39 is 32.7 Å². The molecule has 3 aromatic rings. The molecule has 0 radical (unpaired) electrons. The first kappa shape index (κ1) is 24.3. The van der Waals surface area contributed by atoms with E-state index in [0.29, 0.717) is 16.6 Å². The van der Waals surface area contributed by atoms with Crippen LogP contribution in [0, 0.1) is 0 Å². The average Bonchev–Trinajstić information content (AvgIpc) is 2.77. The van der Waals surface area contributed by atoms with Crippen LogP contribution in [-0.4, -0.2) is 46.7 Å². The number of aryl methyl sites for hydroxylation is 1. The lowest BCUT2D eigenvalue weighted by Crippen LogP contribution is -2.50. The Morgan fingerprint density at radius 2 is 1.85 bits per heavy atom. The normalized spacial score (nSPS) is 13.6. The van der Waals surface area contributed by atoms with Crippen LogP contribution in [0.15, 0.2) is 53.6 Å². The predicted octanol–water partition coefficient (Wildman–Crippen LogP) is 2.36. The third-order valence-corrected chi connectivity index (χ3v) is 7.49. The predicted molar refractivity (Wildman–Crippen MR) is 116 cm³/mol. The summed E-state index contributed by atoms with van der Waals surface area (Å²) >= 11 is 0. The molecule has 0 unspecified atom stereocenters.